The van der Waals surface area contributed by atoms with Crippen molar-refractivity contribution in [1.82, 2.24) is 10.3 Å². The molecule has 19 heavy (non-hydrogen) atoms. The summed E-state index contributed by atoms with van der Waals surface area (Å²) in [7, 11) is 0. The number of pyridine rings is 1. The van der Waals surface area contributed by atoms with Crippen molar-refractivity contribution >= 4 is 21.8 Å². The van der Waals surface area contributed by atoms with Gasteiger partial charge in [0.2, 0.25) is 0 Å². The molecule has 1 atom stereocenters. The van der Waals surface area contributed by atoms with E-state index >= 15 is 0 Å². The zero-order chi connectivity index (χ0) is 13.8. The van der Waals surface area contributed by atoms with E-state index in [2.05, 4.69) is 26.2 Å². The average molecular weight is 319 g/mol. The fourth-order valence-electron chi connectivity index (χ4n) is 1.82. The Kier molecular flexibility index (Phi) is 4.32. The highest BCUT2D eigenvalue weighted by Crippen LogP contribution is 2.18. The highest BCUT2D eigenvalue weighted by atomic mass is 79.9. The van der Waals surface area contributed by atoms with Gasteiger partial charge < -0.3 is 5.32 Å². The Morgan fingerprint density at radius 3 is 2.79 bits per heavy atom. The second-order valence-corrected chi connectivity index (χ2v) is 5.42. The summed E-state index contributed by atoms with van der Waals surface area (Å²) in [5, 5.41) is 2.97. The third-order valence-corrected chi connectivity index (χ3v) is 3.33. The molecule has 1 amide bonds. The van der Waals surface area contributed by atoms with Gasteiger partial charge in [-0.1, -0.05) is 28.1 Å². The van der Waals surface area contributed by atoms with Gasteiger partial charge in [-0.3, -0.25) is 9.78 Å². The summed E-state index contributed by atoms with van der Waals surface area (Å²) in [5.41, 5.74) is 2.62. The SMILES string of the molecule is Cc1cncc(C(=O)NC(C)c2cccc(Br)c2)c1. The number of amides is 1. The Morgan fingerprint density at radius 2 is 2.11 bits per heavy atom. The molecule has 2 rings (SSSR count). The summed E-state index contributed by atoms with van der Waals surface area (Å²) in [6.07, 6.45) is 3.31. The Hall–Kier alpha value is -1.68. The minimum Gasteiger partial charge on any atom is -0.345 e. The van der Waals surface area contributed by atoms with Gasteiger partial charge in [0.1, 0.15) is 0 Å². The monoisotopic (exact) mass is 318 g/mol. The van der Waals surface area contributed by atoms with Crippen LogP contribution in [0, 0.1) is 6.92 Å². The lowest BCUT2D eigenvalue weighted by Gasteiger charge is -2.14. The number of benzene rings is 1. The molecule has 0 radical (unpaired) electrons. The molecule has 2 aromatic rings. The van der Waals surface area contributed by atoms with E-state index in [9.17, 15) is 4.79 Å². The van der Waals surface area contributed by atoms with Crippen molar-refractivity contribution in [3.8, 4) is 0 Å². The fourth-order valence-corrected chi connectivity index (χ4v) is 2.24. The highest BCUT2D eigenvalue weighted by Gasteiger charge is 2.11. The van der Waals surface area contributed by atoms with Crippen molar-refractivity contribution in [3.63, 3.8) is 0 Å². The first-order chi connectivity index (χ1) is 9.06. The average Bonchev–Trinajstić information content (AvgIpc) is 2.38. The zero-order valence-electron chi connectivity index (χ0n) is 10.9. The number of nitrogens with zero attached hydrogens (tertiary/aromatic N) is 1. The Morgan fingerprint density at radius 1 is 1.32 bits per heavy atom. The third kappa shape index (κ3) is 3.64. The molecule has 1 unspecified atom stereocenters. The molecule has 0 spiro atoms. The second-order valence-electron chi connectivity index (χ2n) is 4.50. The molecule has 0 aliphatic heterocycles. The van der Waals surface area contributed by atoms with Gasteiger partial charge in [-0.05, 0) is 43.2 Å². The maximum absolute atomic E-state index is 12.1. The van der Waals surface area contributed by atoms with Crippen LogP contribution < -0.4 is 5.32 Å². The van der Waals surface area contributed by atoms with Crippen LogP contribution in [-0.2, 0) is 0 Å². The Balaban J connectivity index is 2.11. The molecule has 3 nitrogen and oxygen atoms in total. The van der Waals surface area contributed by atoms with Crippen molar-refractivity contribution in [1.29, 1.82) is 0 Å². The maximum Gasteiger partial charge on any atom is 0.253 e. The summed E-state index contributed by atoms with van der Waals surface area (Å²) in [4.78, 5) is 16.1. The normalized spacial score (nSPS) is 11.9. The standard InChI is InChI=1S/C15H15BrN2O/c1-10-6-13(9-17-8-10)15(19)18-11(2)12-4-3-5-14(16)7-12/h3-9,11H,1-2H3,(H,18,19). The lowest BCUT2D eigenvalue weighted by Crippen LogP contribution is -2.26. The van der Waals surface area contributed by atoms with Crippen molar-refractivity contribution in [3.05, 3.63) is 63.9 Å². The van der Waals surface area contributed by atoms with E-state index in [4.69, 9.17) is 0 Å². The molecule has 0 saturated carbocycles. The van der Waals surface area contributed by atoms with Crippen LogP contribution in [0.4, 0.5) is 0 Å². The number of carbonyl (C=O) groups is 1. The third-order valence-electron chi connectivity index (χ3n) is 2.83. The summed E-state index contributed by atoms with van der Waals surface area (Å²) >= 11 is 3.43. The van der Waals surface area contributed by atoms with Gasteiger partial charge in [-0.2, -0.15) is 0 Å². The van der Waals surface area contributed by atoms with Crippen LogP contribution in [0.15, 0.2) is 47.2 Å². The molecular formula is C15H15BrN2O. The van der Waals surface area contributed by atoms with Gasteiger partial charge in [0.05, 0.1) is 11.6 Å². The summed E-state index contributed by atoms with van der Waals surface area (Å²) in [6, 6.07) is 9.68. The fraction of sp³-hybridized carbons (Fsp3) is 0.200. The van der Waals surface area contributed by atoms with Crippen LogP contribution in [0.5, 0.6) is 0 Å². The van der Waals surface area contributed by atoms with E-state index in [-0.39, 0.29) is 11.9 Å². The quantitative estimate of drug-likeness (QED) is 0.938. The first-order valence-electron chi connectivity index (χ1n) is 6.04. The molecule has 0 saturated heterocycles. The first kappa shape index (κ1) is 13.7. The first-order valence-corrected chi connectivity index (χ1v) is 6.83. The maximum atomic E-state index is 12.1. The van der Waals surface area contributed by atoms with Crippen LogP contribution in [0.3, 0.4) is 0 Å². The van der Waals surface area contributed by atoms with E-state index in [1.807, 2.05) is 44.2 Å². The number of hydrogen-bond donors (Lipinski definition) is 1. The number of aryl methyl sites for hydroxylation is 1. The Bertz CT molecular complexity index is 598. The minimum absolute atomic E-state index is 0.0505. The molecule has 0 fully saturated rings. The Labute approximate surface area is 121 Å². The van der Waals surface area contributed by atoms with Gasteiger partial charge in [0.15, 0.2) is 0 Å². The largest absolute Gasteiger partial charge is 0.345 e. The van der Waals surface area contributed by atoms with E-state index in [0.717, 1.165) is 15.6 Å². The van der Waals surface area contributed by atoms with Crippen LogP contribution in [-0.4, -0.2) is 10.9 Å². The number of rotatable bonds is 3. The molecule has 1 aromatic carbocycles. The second kappa shape index (κ2) is 5.97. The topological polar surface area (TPSA) is 42.0 Å². The molecule has 1 heterocycles. The lowest BCUT2D eigenvalue weighted by molar-refractivity contribution is 0.0939. The predicted octanol–water partition coefficient (Wildman–Crippen LogP) is 3.64. The molecule has 0 aliphatic carbocycles. The van der Waals surface area contributed by atoms with E-state index in [0.29, 0.717) is 5.56 Å². The van der Waals surface area contributed by atoms with Crippen LogP contribution in [0.25, 0.3) is 0 Å². The van der Waals surface area contributed by atoms with Gasteiger partial charge in [0, 0.05) is 16.9 Å². The van der Waals surface area contributed by atoms with Crippen LogP contribution in [0.1, 0.15) is 34.5 Å². The van der Waals surface area contributed by atoms with E-state index < -0.39 is 0 Å². The number of aromatic nitrogens is 1. The summed E-state index contributed by atoms with van der Waals surface area (Å²) in [6.45, 7) is 3.88. The number of hydrogen-bond acceptors (Lipinski definition) is 2. The molecule has 1 aromatic heterocycles. The van der Waals surface area contributed by atoms with Gasteiger partial charge in [-0.25, -0.2) is 0 Å². The number of nitrogens with one attached hydrogen (secondary N) is 1. The molecular weight excluding hydrogens is 304 g/mol. The molecule has 98 valence electrons. The molecule has 1 N–H and O–H groups in total. The molecule has 0 bridgehead atoms. The summed E-state index contributed by atoms with van der Waals surface area (Å²) in [5.74, 6) is -0.108. The van der Waals surface area contributed by atoms with Crippen LogP contribution in [0.2, 0.25) is 0 Å². The lowest BCUT2D eigenvalue weighted by atomic mass is 10.1. The van der Waals surface area contributed by atoms with Gasteiger partial charge in [-0.15, -0.1) is 0 Å². The van der Waals surface area contributed by atoms with Crippen molar-refractivity contribution in [2.24, 2.45) is 0 Å². The van der Waals surface area contributed by atoms with Crippen molar-refractivity contribution in [2.45, 2.75) is 19.9 Å². The van der Waals surface area contributed by atoms with Crippen molar-refractivity contribution < 1.29 is 4.79 Å². The van der Waals surface area contributed by atoms with Crippen LogP contribution >= 0.6 is 15.9 Å². The number of carbonyl (C=O) groups excluding carboxylic acids is 1. The highest BCUT2D eigenvalue weighted by molar-refractivity contribution is 9.10. The van der Waals surface area contributed by atoms with Crippen molar-refractivity contribution in [2.75, 3.05) is 0 Å². The molecule has 0 aliphatic rings. The summed E-state index contributed by atoms with van der Waals surface area (Å²) < 4.78 is 1.00. The van der Waals surface area contributed by atoms with Gasteiger partial charge in [0.25, 0.3) is 5.91 Å². The smallest absolute Gasteiger partial charge is 0.253 e. The zero-order valence-corrected chi connectivity index (χ0v) is 12.4. The minimum atomic E-state index is -0.108. The van der Waals surface area contributed by atoms with Gasteiger partial charge >= 0.3 is 0 Å². The number of halogens is 1. The molecule has 4 heteroatoms. The predicted molar refractivity (Wildman–Crippen MR) is 79.0 cm³/mol. The van der Waals surface area contributed by atoms with E-state index in [1.165, 1.54) is 0 Å². The van der Waals surface area contributed by atoms with E-state index in [1.54, 1.807) is 12.4 Å².